The molecule has 1 saturated heterocycles. The molecule has 0 saturated carbocycles. The number of carboxylic acid groups (broad SMARTS) is 1. The van der Waals surface area contributed by atoms with E-state index in [0.717, 1.165) is 17.1 Å². The van der Waals surface area contributed by atoms with Crippen molar-refractivity contribution in [3.8, 4) is 0 Å². The molecule has 34 heavy (non-hydrogen) atoms. The van der Waals surface area contributed by atoms with E-state index < -0.39 is 29.2 Å². The molecule has 0 aliphatic carbocycles. The van der Waals surface area contributed by atoms with E-state index in [-0.39, 0.29) is 35.5 Å². The van der Waals surface area contributed by atoms with Crippen molar-refractivity contribution >= 4 is 51.9 Å². The molecule has 15 heteroatoms. The zero-order valence-electron chi connectivity index (χ0n) is 18.2. The summed E-state index contributed by atoms with van der Waals surface area (Å²) in [6, 6.07) is -0.940. The van der Waals surface area contributed by atoms with Crippen molar-refractivity contribution < 1.29 is 28.9 Å². The lowest BCUT2D eigenvalue weighted by molar-refractivity contribution is -0.692. The van der Waals surface area contributed by atoms with Gasteiger partial charge >= 0.3 is 5.97 Å². The summed E-state index contributed by atoms with van der Waals surface area (Å²) < 4.78 is 5.74. The summed E-state index contributed by atoms with van der Waals surface area (Å²) in [5.41, 5.74) is 6.79. The molecule has 2 aromatic rings. The van der Waals surface area contributed by atoms with Crippen LogP contribution in [0.2, 0.25) is 0 Å². The van der Waals surface area contributed by atoms with Crippen molar-refractivity contribution in [3.05, 3.63) is 41.4 Å². The van der Waals surface area contributed by atoms with E-state index in [0.29, 0.717) is 11.3 Å². The quantitative estimate of drug-likeness (QED) is 0.180. The second-order valence-electron chi connectivity index (χ2n) is 7.37. The Morgan fingerprint density at radius 2 is 2.26 bits per heavy atom. The summed E-state index contributed by atoms with van der Waals surface area (Å²) >= 11 is 2.25. The van der Waals surface area contributed by atoms with Crippen LogP contribution in [0.4, 0.5) is 5.13 Å². The number of carbonyl (C=O) groups is 3. The number of carbonyl (C=O) groups excluding carboxylic acids is 2. The molecule has 4 N–H and O–H groups in total. The number of thioether (sulfide) groups is 1. The van der Waals surface area contributed by atoms with Gasteiger partial charge in [0.1, 0.15) is 36.5 Å². The monoisotopic (exact) mass is 505 g/mol. The molecule has 0 bridgehead atoms. The Morgan fingerprint density at radius 3 is 2.91 bits per heavy atom. The van der Waals surface area contributed by atoms with E-state index in [1.54, 1.807) is 24.0 Å². The average molecular weight is 506 g/mol. The second-order valence-corrected chi connectivity index (χ2v) is 9.26. The van der Waals surface area contributed by atoms with E-state index in [1.807, 2.05) is 13.1 Å². The number of hydrogen-bond acceptors (Lipinski definition) is 11. The highest BCUT2D eigenvalue weighted by Crippen LogP contribution is 2.40. The highest BCUT2D eigenvalue weighted by molar-refractivity contribution is 8.00. The standard InChI is InChI=1S/C19H20N8O5S2/c1-3-32-24-11(14-23-19(20)34-25-14)15(28)22-12-16(29)27-13(18(30)31)10(7-33-17(12)27)6-26-5-9(2)4-21-8-26/h4-5,8,12,17H,3,6-7H2,1-2H3,(H3-,20,22,23,25,28,30,31)/p+1/t12?,17-/m1/s1. The number of oxime groups is 1. The number of β-lactam (4-membered cyclic amide) rings is 1. The summed E-state index contributed by atoms with van der Waals surface area (Å²) in [4.78, 5) is 52.1. The Labute approximate surface area is 201 Å². The maximum Gasteiger partial charge on any atom is 0.352 e. The molecule has 4 rings (SSSR count). The molecular formula is C19H21N8O5S2+. The molecule has 1 unspecified atom stereocenters. The molecule has 178 valence electrons. The van der Waals surface area contributed by atoms with Crippen LogP contribution in [-0.4, -0.2) is 71.6 Å². The van der Waals surface area contributed by atoms with Crippen LogP contribution in [0.5, 0.6) is 0 Å². The van der Waals surface area contributed by atoms with Crippen LogP contribution in [0.3, 0.4) is 0 Å². The Hall–Kier alpha value is -3.59. The predicted octanol–water partition coefficient (Wildman–Crippen LogP) is -0.709. The van der Waals surface area contributed by atoms with E-state index in [1.165, 1.54) is 16.7 Å². The van der Waals surface area contributed by atoms with Crippen LogP contribution < -0.4 is 15.6 Å². The van der Waals surface area contributed by atoms with Crippen LogP contribution in [0.15, 0.2) is 35.1 Å². The Morgan fingerprint density at radius 1 is 1.47 bits per heavy atom. The zero-order valence-corrected chi connectivity index (χ0v) is 19.8. The SMILES string of the molecule is CCON=C(C(=O)NC1C(=O)N2C(C(=O)O)=C(C[n+]3cncc(C)c3)CS[C@H]12)c1nsc(N)n1. The third kappa shape index (κ3) is 4.56. The highest BCUT2D eigenvalue weighted by Gasteiger charge is 2.54. The molecule has 2 atom stereocenters. The third-order valence-electron chi connectivity index (χ3n) is 4.93. The van der Waals surface area contributed by atoms with Crippen molar-refractivity contribution in [1.29, 1.82) is 0 Å². The van der Waals surface area contributed by atoms with E-state index in [4.69, 9.17) is 10.6 Å². The number of nitrogens with one attached hydrogen (secondary N) is 1. The number of nitrogen functional groups attached to an aromatic ring is 1. The molecule has 13 nitrogen and oxygen atoms in total. The van der Waals surface area contributed by atoms with Gasteiger partial charge in [0.25, 0.3) is 18.1 Å². The first-order valence-corrected chi connectivity index (χ1v) is 11.9. The molecular weight excluding hydrogens is 484 g/mol. The first-order valence-electron chi connectivity index (χ1n) is 10.1. The van der Waals surface area contributed by atoms with Gasteiger partial charge in [-0.1, -0.05) is 10.1 Å². The van der Waals surface area contributed by atoms with Crippen LogP contribution in [0.1, 0.15) is 18.3 Å². The van der Waals surface area contributed by atoms with Crippen molar-refractivity contribution in [1.82, 2.24) is 24.6 Å². The minimum atomic E-state index is -1.21. The van der Waals surface area contributed by atoms with Crippen molar-refractivity contribution in [2.45, 2.75) is 31.8 Å². The van der Waals surface area contributed by atoms with Gasteiger partial charge in [-0.25, -0.2) is 9.36 Å². The lowest BCUT2D eigenvalue weighted by Gasteiger charge is -2.49. The highest BCUT2D eigenvalue weighted by atomic mass is 32.2. The topological polar surface area (TPSA) is 177 Å². The van der Waals surface area contributed by atoms with Gasteiger partial charge in [-0.05, 0) is 13.8 Å². The molecule has 0 radical (unpaired) electrons. The fourth-order valence-electron chi connectivity index (χ4n) is 3.53. The molecule has 2 aliphatic heterocycles. The van der Waals surface area contributed by atoms with Gasteiger partial charge in [0.05, 0.1) is 6.20 Å². The minimum absolute atomic E-state index is 0.0226. The Kier molecular flexibility index (Phi) is 6.74. The second kappa shape index (κ2) is 9.72. The maximum absolute atomic E-state index is 12.9. The van der Waals surface area contributed by atoms with E-state index in [9.17, 15) is 19.5 Å². The smallest absolute Gasteiger partial charge is 0.352 e. The molecule has 2 aliphatic rings. The van der Waals surface area contributed by atoms with Gasteiger partial charge in [-0.3, -0.25) is 14.5 Å². The van der Waals surface area contributed by atoms with Crippen molar-refractivity contribution in [2.75, 3.05) is 18.1 Å². The number of rotatable bonds is 8. The van der Waals surface area contributed by atoms with Gasteiger partial charge in [0, 0.05) is 28.4 Å². The van der Waals surface area contributed by atoms with E-state index in [2.05, 4.69) is 24.8 Å². The number of amides is 2. The van der Waals surface area contributed by atoms with Gasteiger partial charge in [0.15, 0.2) is 5.13 Å². The summed E-state index contributed by atoms with van der Waals surface area (Å²) in [5.74, 6) is -2.12. The van der Waals surface area contributed by atoms with Crippen LogP contribution >= 0.6 is 23.3 Å². The van der Waals surface area contributed by atoms with Crippen molar-refractivity contribution in [3.63, 3.8) is 0 Å². The zero-order chi connectivity index (χ0) is 24.4. The van der Waals surface area contributed by atoms with Crippen LogP contribution in [0, 0.1) is 6.92 Å². The maximum atomic E-state index is 12.9. The third-order valence-corrected chi connectivity index (χ3v) is 6.81. The number of fused-ring (bicyclic) bond motifs is 1. The molecule has 0 aromatic carbocycles. The lowest BCUT2D eigenvalue weighted by Crippen LogP contribution is -2.71. The molecule has 2 aromatic heterocycles. The summed E-state index contributed by atoms with van der Waals surface area (Å²) in [6.07, 6.45) is 5.13. The molecule has 4 heterocycles. The first-order chi connectivity index (χ1) is 16.3. The molecule has 1 fully saturated rings. The predicted molar refractivity (Wildman–Crippen MR) is 121 cm³/mol. The normalized spacial score (nSPS) is 20.0. The lowest BCUT2D eigenvalue weighted by atomic mass is 10.0. The number of nitrogens with zero attached hydrogens (tertiary/aromatic N) is 6. The Bertz CT molecular complexity index is 1210. The average Bonchev–Trinajstić information content (AvgIpc) is 3.23. The van der Waals surface area contributed by atoms with E-state index >= 15 is 0 Å². The van der Waals surface area contributed by atoms with Gasteiger partial charge in [0.2, 0.25) is 11.5 Å². The molecule has 2 amide bonds. The summed E-state index contributed by atoms with van der Waals surface area (Å²) in [7, 11) is 0. The number of hydrogen-bond donors (Lipinski definition) is 3. The fraction of sp³-hybridized carbons (Fsp3) is 0.368. The number of nitrogens with two attached hydrogens (primary N) is 1. The number of anilines is 1. The summed E-state index contributed by atoms with van der Waals surface area (Å²) in [5, 5.41) is 15.8. The van der Waals surface area contributed by atoms with Gasteiger partial charge in [-0.15, -0.1) is 11.8 Å². The fourth-order valence-corrected chi connectivity index (χ4v) is 5.30. The minimum Gasteiger partial charge on any atom is -0.477 e. The number of aryl methyl sites for hydroxylation is 1. The molecule has 0 spiro atoms. The van der Waals surface area contributed by atoms with Gasteiger partial charge < -0.3 is 21.0 Å². The number of aliphatic carboxylic acids is 1. The summed E-state index contributed by atoms with van der Waals surface area (Å²) in [6.45, 7) is 4.05. The number of carboxylic acids is 1. The van der Waals surface area contributed by atoms with Crippen LogP contribution in [-0.2, 0) is 25.8 Å². The van der Waals surface area contributed by atoms with Crippen LogP contribution in [0.25, 0.3) is 0 Å². The first kappa shape index (κ1) is 23.6. The number of aromatic nitrogens is 4. The van der Waals surface area contributed by atoms with Crippen molar-refractivity contribution in [2.24, 2.45) is 5.16 Å². The Balaban J connectivity index is 1.53. The largest absolute Gasteiger partial charge is 0.477 e. The van der Waals surface area contributed by atoms with Gasteiger partial charge in [-0.2, -0.15) is 9.36 Å².